The third-order valence-corrected chi connectivity index (χ3v) is 3.12. The molecule has 0 fully saturated rings. The molecule has 1 atom stereocenters. The molecule has 0 amide bonds. The van der Waals surface area contributed by atoms with Crippen molar-refractivity contribution in [1.82, 2.24) is 15.1 Å². The first-order chi connectivity index (χ1) is 8.72. The second kappa shape index (κ2) is 5.69. The Hall–Kier alpha value is -1.81. The molecule has 2 rings (SSSR count). The quantitative estimate of drug-likeness (QED) is 0.878. The van der Waals surface area contributed by atoms with Gasteiger partial charge in [-0.3, -0.25) is 4.68 Å². The maximum atomic E-state index is 5.37. The number of hydrogen-bond donors (Lipinski definition) is 1. The highest BCUT2D eigenvalue weighted by Crippen LogP contribution is 2.24. The number of nitrogens with one attached hydrogen (secondary N) is 1. The minimum atomic E-state index is 0.232. The lowest BCUT2D eigenvalue weighted by molar-refractivity contribution is 0.401. The average molecular weight is 245 g/mol. The van der Waals surface area contributed by atoms with Crippen LogP contribution in [0.15, 0.2) is 36.5 Å². The van der Waals surface area contributed by atoms with Gasteiger partial charge in [-0.05, 0) is 19.1 Å². The number of hydrogen-bond acceptors (Lipinski definition) is 3. The highest BCUT2D eigenvalue weighted by Gasteiger charge is 2.10. The summed E-state index contributed by atoms with van der Waals surface area (Å²) in [6, 6.07) is 10.3. The number of rotatable bonds is 5. The molecule has 0 saturated carbocycles. The number of para-hydroxylation sites is 1. The van der Waals surface area contributed by atoms with Crippen LogP contribution in [0, 0.1) is 0 Å². The molecule has 0 bridgehead atoms. The van der Waals surface area contributed by atoms with Gasteiger partial charge in [-0.2, -0.15) is 5.10 Å². The topological polar surface area (TPSA) is 39.1 Å². The van der Waals surface area contributed by atoms with Crippen molar-refractivity contribution in [3.63, 3.8) is 0 Å². The summed E-state index contributed by atoms with van der Waals surface area (Å²) >= 11 is 0. The van der Waals surface area contributed by atoms with Gasteiger partial charge in [-0.1, -0.05) is 18.2 Å². The van der Waals surface area contributed by atoms with Gasteiger partial charge in [0.15, 0.2) is 0 Å². The van der Waals surface area contributed by atoms with E-state index in [0.29, 0.717) is 0 Å². The Morgan fingerprint density at radius 1 is 1.33 bits per heavy atom. The van der Waals surface area contributed by atoms with E-state index in [1.807, 2.05) is 42.2 Å². The van der Waals surface area contributed by atoms with Crippen LogP contribution in [-0.4, -0.2) is 16.9 Å². The Kier molecular flexibility index (Phi) is 3.99. The lowest BCUT2D eigenvalue weighted by atomic mass is 10.1. The van der Waals surface area contributed by atoms with Crippen LogP contribution in [0.25, 0.3) is 0 Å². The SMILES string of the molecule is COc1ccccc1[C@@H](C)NCc1ccnn1C. The van der Waals surface area contributed by atoms with Crippen LogP contribution in [0.1, 0.15) is 24.2 Å². The zero-order valence-corrected chi connectivity index (χ0v) is 11.1. The van der Waals surface area contributed by atoms with Gasteiger partial charge in [-0.15, -0.1) is 0 Å². The molecule has 2 aromatic rings. The van der Waals surface area contributed by atoms with Crippen LogP contribution in [0.2, 0.25) is 0 Å². The van der Waals surface area contributed by atoms with E-state index in [1.54, 1.807) is 7.11 Å². The molecule has 4 nitrogen and oxygen atoms in total. The second-order valence-electron chi connectivity index (χ2n) is 4.29. The van der Waals surface area contributed by atoms with Crippen LogP contribution < -0.4 is 10.1 Å². The molecule has 0 spiro atoms. The number of aryl methyl sites for hydroxylation is 1. The summed E-state index contributed by atoms with van der Waals surface area (Å²) in [6.45, 7) is 2.92. The van der Waals surface area contributed by atoms with Gasteiger partial charge in [0.2, 0.25) is 0 Å². The summed E-state index contributed by atoms with van der Waals surface area (Å²) in [4.78, 5) is 0. The van der Waals surface area contributed by atoms with Gasteiger partial charge in [0.05, 0.1) is 12.8 Å². The number of benzene rings is 1. The lowest BCUT2D eigenvalue weighted by Crippen LogP contribution is -2.20. The van der Waals surface area contributed by atoms with Gasteiger partial charge in [0.25, 0.3) is 0 Å². The molecule has 1 aromatic heterocycles. The fourth-order valence-electron chi connectivity index (χ4n) is 1.97. The number of aromatic nitrogens is 2. The molecular weight excluding hydrogens is 226 g/mol. The smallest absolute Gasteiger partial charge is 0.123 e. The average Bonchev–Trinajstić information content (AvgIpc) is 2.81. The summed E-state index contributed by atoms with van der Waals surface area (Å²) in [5, 5.41) is 7.63. The Morgan fingerprint density at radius 3 is 2.78 bits per heavy atom. The first-order valence-corrected chi connectivity index (χ1v) is 6.05. The molecule has 0 aliphatic rings. The zero-order chi connectivity index (χ0) is 13.0. The highest BCUT2D eigenvalue weighted by molar-refractivity contribution is 5.35. The summed E-state index contributed by atoms with van der Waals surface area (Å²) in [5.74, 6) is 0.919. The van der Waals surface area contributed by atoms with Crippen molar-refractivity contribution in [2.45, 2.75) is 19.5 Å². The highest BCUT2D eigenvalue weighted by atomic mass is 16.5. The first-order valence-electron chi connectivity index (χ1n) is 6.05. The fourth-order valence-corrected chi connectivity index (χ4v) is 1.97. The molecule has 96 valence electrons. The molecule has 0 saturated heterocycles. The molecule has 4 heteroatoms. The Bertz CT molecular complexity index is 507. The summed E-state index contributed by atoms with van der Waals surface area (Å²) in [5.41, 5.74) is 2.33. The fraction of sp³-hybridized carbons (Fsp3) is 0.357. The van der Waals surface area contributed by atoms with E-state index in [-0.39, 0.29) is 6.04 Å². The molecule has 0 aliphatic heterocycles. The predicted molar refractivity (Wildman–Crippen MR) is 71.5 cm³/mol. The van der Waals surface area contributed by atoms with Crippen LogP contribution in [0.5, 0.6) is 5.75 Å². The van der Waals surface area contributed by atoms with E-state index in [9.17, 15) is 0 Å². The Labute approximate surface area is 108 Å². The molecule has 0 unspecified atom stereocenters. The molecule has 1 heterocycles. The van der Waals surface area contributed by atoms with Crippen molar-refractivity contribution in [2.24, 2.45) is 7.05 Å². The molecular formula is C14H19N3O. The molecule has 18 heavy (non-hydrogen) atoms. The van der Waals surface area contributed by atoms with Crippen molar-refractivity contribution in [2.75, 3.05) is 7.11 Å². The monoisotopic (exact) mass is 245 g/mol. The lowest BCUT2D eigenvalue weighted by Gasteiger charge is -2.17. The van der Waals surface area contributed by atoms with Crippen molar-refractivity contribution in [3.8, 4) is 5.75 Å². The van der Waals surface area contributed by atoms with Gasteiger partial charge in [0.1, 0.15) is 5.75 Å². The molecule has 0 aliphatic carbocycles. The number of ether oxygens (including phenoxy) is 1. The maximum Gasteiger partial charge on any atom is 0.123 e. The Morgan fingerprint density at radius 2 is 2.11 bits per heavy atom. The van der Waals surface area contributed by atoms with Gasteiger partial charge >= 0.3 is 0 Å². The largest absolute Gasteiger partial charge is 0.496 e. The van der Waals surface area contributed by atoms with Crippen molar-refractivity contribution in [3.05, 3.63) is 47.8 Å². The van der Waals surface area contributed by atoms with E-state index >= 15 is 0 Å². The third kappa shape index (κ3) is 2.71. The summed E-state index contributed by atoms with van der Waals surface area (Å²) in [7, 11) is 3.65. The van der Waals surface area contributed by atoms with Gasteiger partial charge in [-0.25, -0.2) is 0 Å². The van der Waals surface area contributed by atoms with E-state index < -0.39 is 0 Å². The minimum Gasteiger partial charge on any atom is -0.496 e. The summed E-state index contributed by atoms with van der Waals surface area (Å²) < 4.78 is 7.25. The minimum absolute atomic E-state index is 0.232. The van der Waals surface area contributed by atoms with Crippen molar-refractivity contribution < 1.29 is 4.74 Å². The van der Waals surface area contributed by atoms with E-state index in [2.05, 4.69) is 23.4 Å². The molecule has 1 N–H and O–H groups in total. The maximum absolute atomic E-state index is 5.37. The number of nitrogens with zero attached hydrogens (tertiary/aromatic N) is 2. The standard InChI is InChI=1S/C14H19N3O/c1-11(13-6-4-5-7-14(13)18-3)15-10-12-8-9-16-17(12)2/h4-9,11,15H,10H2,1-3H3/t11-/m1/s1. The van der Waals surface area contributed by atoms with E-state index in [4.69, 9.17) is 4.74 Å². The van der Waals surface area contributed by atoms with Crippen LogP contribution in [-0.2, 0) is 13.6 Å². The van der Waals surface area contributed by atoms with Gasteiger partial charge in [0, 0.05) is 31.4 Å². The predicted octanol–water partition coefficient (Wildman–Crippen LogP) is 2.28. The Balaban J connectivity index is 2.03. The van der Waals surface area contributed by atoms with Crippen LogP contribution in [0.3, 0.4) is 0 Å². The molecule has 1 aromatic carbocycles. The van der Waals surface area contributed by atoms with Gasteiger partial charge < -0.3 is 10.1 Å². The normalized spacial score (nSPS) is 12.4. The van der Waals surface area contributed by atoms with Crippen LogP contribution >= 0.6 is 0 Å². The number of methoxy groups -OCH3 is 1. The third-order valence-electron chi connectivity index (χ3n) is 3.12. The molecule has 0 radical (unpaired) electrons. The second-order valence-corrected chi connectivity index (χ2v) is 4.29. The van der Waals surface area contributed by atoms with Crippen molar-refractivity contribution in [1.29, 1.82) is 0 Å². The van der Waals surface area contributed by atoms with Crippen LogP contribution in [0.4, 0.5) is 0 Å². The van der Waals surface area contributed by atoms with E-state index in [1.165, 1.54) is 5.56 Å². The first kappa shape index (κ1) is 12.6. The van der Waals surface area contributed by atoms with Crippen molar-refractivity contribution >= 4 is 0 Å². The summed E-state index contributed by atoms with van der Waals surface area (Å²) in [6.07, 6.45) is 1.81. The van der Waals surface area contributed by atoms with E-state index in [0.717, 1.165) is 18.0 Å². The zero-order valence-electron chi connectivity index (χ0n) is 11.1.